The molecule has 96 valence electrons. The molecule has 1 aromatic carbocycles. The molecule has 1 N–H and O–H groups in total. The van der Waals surface area contributed by atoms with Gasteiger partial charge in [-0.3, -0.25) is 0 Å². The Morgan fingerprint density at radius 3 is 2.41 bits per heavy atom. The van der Waals surface area contributed by atoms with Crippen LogP contribution in [0.25, 0.3) is 0 Å². The van der Waals surface area contributed by atoms with Gasteiger partial charge in [0, 0.05) is 24.3 Å². The topological polar surface area (TPSA) is 23.5 Å². The van der Waals surface area contributed by atoms with E-state index < -0.39 is 6.10 Å². The van der Waals surface area contributed by atoms with Gasteiger partial charge < -0.3 is 10.0 Å². The van der Waals surface area contributed by atoms with Crippen LogP contribution in [-0.4, -0.2) is 18.2 Å². The molecule has 0 spiro atoms. The van der Waals surface area contributed by atoms with E-state index in [4.69, 9.17) is 0 Å². The third-order valence-corrected chi connectivity index (χ3v) is 2.76. The number of benzene rings is 1. The minimum Gasteiger partial charge on any atom is -0.389 e. The molecule has 0 heterocycles. The molecule has 0 amide bonds. The lowest BCUT2D eigenvalue weighted by atomic mass is 10.1. The summed E-state index contributed by atoms with van der Waals surface area (Å²) in [6.07, 6.45) is -0.785. The highest BCUT2D eigenvalue weighted by Crippen LogP contribution is 2.29. The first kappa shape index (κ1) is 14.0. The van der Waals surface area contributed by atoms with Crippen LogP contribution in [0.2, 0.25) is 0 Å². The molecule has 0 aliphatic heterocycles. The van der Waals surface area contributed by atoms with Crippen LogP contribution < -0.4 is 4.90 Å². The molecule has 0 aromatic heterocycles. The molecule has 17 heavy (non-hydrogen) atoms. The lowest BCUT2D eigenvalue weighted by Gasteiger charge is -2.28. The van der Waals surface area contributed by atoms with Crippen molar-refractivity contribution in [3.63, 3.8) is 0 Å². The van der Waals surface area contributed by atoms with Crippen molar-refractivity contribution in [2.24, 2.45) is 5.92 Å². The molecular weight excluding hydrogens is 217 g/mol. The minimum absolute atomic E-state index is 0.334. The van der Waals surface area contributed by atoms with Crippen LogP contribution in [0.1, 0.15) is 39.4 Å². The summed E-state index contributed by atoms with van der Waals surface area (Å²) < 4.78 is 13.7. The summed E-state index contributed by atoms with van der Waals surface area (Å²) in [5.41, 5.74) is 1.20. The molecule has 2 nitrogen and oxygen atoms in total. The zero-order valence-electron chi connectivity index (χ0n) is 11.1. The van der Waals surface area contributed by atoms with Crippen LogP contribution in [0, 0.1) is 11.7 Å². The maximum atomic E-state index is 13.7. The predicted octanol–water partition coefficient (Wildman–Crippen LogP) is 3.36. The fourth-order valence-electron chi connectivity index (χ4n) is 2.05. The maximum Gasteiger partial charge on any atom is 0.131 e. The molecule has 0 unspecified atom stereocenters. The van der Waals surface area contributed by atoms with Crippen molar-refractivity contribution in [2.45, 2.75) is 33.8 Å². The van der Waals surface area contributed by atoms with Gasteiger partial charge in [-0.2, -0.15) is 0 Å². The fraction of sp³-hybridized carbons (Fsp3) is 0.571. The highest BCUT2D eigenvalue weighted by Gasteiger charge is 2.17. The summed E-state index contributed by atoms with van der Waals surface area (Å²) in [4.78, 5) is 2.11. The smallest absolute Gasteiger partial charge is 0.131 e. The van der Waals surface area contributed by atoms with Crippen LogP contribution in [0.4, 0.5) is 10.1 Å². The minimum atomic E-state index is -0.785. The second-order valence-corrected chi connectivity index (χ2v) is 4.78. The first-order valence-corrected chi connectivity index (χ1v) is 6.18. The zero-order chi connectivity index (χ0) is 13.0. The van der Waals surface area contributed by atoms with E-state index in [-0.39, 0.29) is 5.82 Å². The van der Waals surface area contributed by atoms with Crippen molar-refractivity contribution < 1.29 is 9.50 Å². The number of anilines is 1. The van der Waals surface area contributed by atoms with E-state index in [9.17, 15) is 9.50 Å². The van der Waals surface area contributed by atoms with Gasteiger partial charge in [0.2, 0.25) is 0 Å². The SMILES string of the molecule is CCN(CC(C)C)c1cccc(F)c1[C@H](C)O. The van der Waals surface area contributed by atoms with Crippen LogP contribution in [0.3, 0.4) is 0 Å². The number of halogens is 1. The first-order chi connectivity index (χ1) is 7.97. The number of hydrogen-bond donors (Lipinski definition) is 1. The van der Waals surface area contributed by atoms with Crippen LogP contribution in [0.15, 0.2) is 18.2 Å². The van der Waals surface area contributed by atoms with Gasteiger partial charge in [0.1, 0.15) is 5.82 Å². The standard InChI is InChI=1S/C14H22FNO/c1-5-16(9-10(2)3)13-8-6-7-12(15)14(13)11(4)17/h6-8,10-11,17H,5,9H2,1-4H3/t11-/m0/s1. The maximum absolute atomic E-state index is 13.7. The summed E-state index contributed by atoms with van der Waals surface area (Å²) in [5.74, 6) is 0.166. The summed E-state index contributed by atoms with van der Waals surface area (Å²) in [6.45, 7) is 9.57. The lowest BCUT2D eigenvalue weighted by molar-refractivity contribution is 0.194. The molecule has 0 aliphatic rings. The molecule has 1 aromatic rings. The summed E-state index contributed by atoms with van der Waals surface area (Å²) in [7, 11) is 0. The molecule has 3 heteroatoms. The molecule has 0 fully saturated rings. The highest BCUT2D eigenvalue weighted by atomic mass is 19.1. The number of hydrogen-bond acceptors (Lipinski definition) is 2. The normalized spacial score (nSPS) is 12.9. The molecule has 0 saturated heterocycles. The van der Waals surface area contributed by atoms with Gasteiger partial charge in [-0.15, -0.1) is 0 Å². The Balaban J connectivity index is 3.14. The number of rotatable bonds is 5. The Kier molecular flexibility index (Phi) is 4.94. The molecule has 0 bridgehead atoms. The van der Waals surface area contributed by atoms with Crippen LogP contribution >= 0.6 is 0 Å². The van der Waals surface area contributed by atoms with Crippen LogP contribution in [0.5, 0.6) is 0 Å². The number of aliphatic hydroxyl groups excluding tert-OH is 1. The van der Waals surface area contributed by atoms with Gasteiger partial charge in [-0.1, -0.05) is 19.9 Å². The van der Waals surface area contributed by atoms with Gasteiger partial charge in [-0.05, 0) is 31.9 Å². The Labute approximate surface area is 103 Å². The van der Waals surface area contributed by atoms with Gasteiger partial charge in [0.25, 0.3) is 0 Å². The second kappa shape index (κ2) is 6.01. The molecule has 0 aliphatic carbocycles. The van der Waals surface area contributed by atoms with E-state index in [1.165, 1.54) is 6.07 Å². The van der Waals surface area contributed by atoms with Gasteiger partial charge in [-0.25, -0.2) is 4.39 Å². The molecule has 1 atom stereocenters. The number of nitrogens with zero attached hydrogens (tertiary/aromatic N) is 1. The van der Waals surface area contributed by atoms with Gasteiger partial charge in [0.05, 0.1) is 6.10 Å². The third kappa shape index (κ3) is 3.43. The fourth-order valence-corrected chi connectivity index (χ4v) is 2.05. The predicted molar refractivity (Wildman–Crippen MR) is 69.8 cm³/mol. The molecule has 0 radical (unpaired) electrons. The van der Waals surface area contributed by atoms with E-state index in [1.807, 2.05) is 13.0 Å². The first-order valence-electron chi connectivity index (χ1n) is 6.18. The summed E-state index contributed by atoms with van der Waals surface area (Å²) in [5, 5.41) is 9.70. The summed E-state index contributed by atoms with van der Waals surface area (Å²) in [6, 6.07) is 4.96. The third-order valence-electron chi connectivity index (χ3n) is 2.76. The van der Waals surface area contributed by atoms with E-state index in [0.29, 0.717) is 11.5 Å². The van der Waals surface area contributed by atoms with Gasteiger partial charge >= 0.3 is 0 Å². The Bertz CT molecular complexity index is 363. The van der Waals surface area contributed by atoms with Crippen molar-refractivity contribution in [1.82, 2.24) is 0 Å². The van der Waals surface area contributed by atoms with E-state index in [0.717, 1.165) is 18.8 Å². The van der Waals surface area contributed by atoms with Gasteiger partial charge in [0.15, 0.2) is 0 Å². The van der Waals surface area contributed by atoms with Crippen molar-refractivity contribution in [1.29, 1.82) is 0 Å². The second-order valence-electron chi connectivity index (χ2n) is 4.78. The van der Waals surface area contributed by atoms with Crippen molar-refractivity contribution in [2.75, 3.05) is 18.0 Å². The summed E-state index contributed by atoms with van der Waals surface area (Å²) >= 11 is 0. The Morgan fingerprint density at radius 2 is 1.94 bits per heavy atom. The quantitative estimate of drug-likeness (QED) is 0.851. The van der Waals surface area contributed by atoms with Crippen molar-refractivity contribution in [3.05, 3.63) is 29.6 Å². The highest BCUT2D eigenvalue weighted by molar-refractivity contribution is 5.55. The van der Waals surface area contributed by atoms with Crippen molar-refractivity contribution >= 4 is 5.69 Å². The largest absolute Gasteiger partial charge is 0.389 e. The molecule has 0 saturated carbocycles. The van der Waals surface area contributed by atoms with Crippen LogP contribution in [-0.2, 0) is 0 Å². The van der Waals surface area contributed by atoms with E-state index in [2.05, 4.69) is 18.7 Å². The zero-order valence-corrected chi connectivity index (χ0v) is 11.1. The van der Waals surface area contributed by atoms with E-state index in [1.54, 1.807) is 13.0 Å². The molecule has 1 rings (SSSR count). The monoisotopic (exact) mass is 239 g/mol. The average molecular weight is 239 g/mol. The average Bonchev–Trinajstić information content (AvgIpc) is 2.24. The lowest BCUT2D eigenvalue weighted by Crippen LogP contribution is -2.28. The Hall–Kier alpha value is -1.09. The van der Waals surface area contributed by atoms with E-state index >= 15 is 0 Å². The van der Waals surface area contributed by atoms with Crippen molar-refractivity contribution in [3.8, 4) is 0 Å². The Morgan fingerprint density at radius 1 is 1.29 bits per heavy atom. The molecular formula is C14H22FNO. The number of aliphatic hydroxyl groups is 1.